The molecule has 0 aliphatic heterocycles. The monoisotopic (exact) mass is 277 g/mol. The highest BCUT2D eigenvalue weighted by Gasteiger charge is 2.18. The maximum Gasteiger partial charge on any atom is 0.220 e. The van der Waals surface area contributed by atoms with E-state index in [4.69, 9.17) is 15.2 Å². The zero-order chi connectivity index (χ0) is 14.5. The largest absolute Gasteiger partial charge is 0.481 e. The van der Waals surface area contributed by atoms with Crippen LogP contribution in [0.25, 0.3) is 0 Å². The van der Waals surface area contributed by atoms with Gasteiger partial charge >= 0.3 is 0 Å². The number of nitrogens with two attached hydrogens (primary N) is 1. The van der Waals surface area contributed by atoms with Crippen LogP contribution < -0.4 is 15.2 Å². The Kier molecular flexibility index (Phi) is 4.47. The Morgan fingerprint density at radius 3 is 2.30 bits per heavy atom. The van der Waals surface area contributed by atoms with Crippen molar-refractivity contribution in [1.82, 2.24) is 9.97 Å². The second-order valence-corrected chi connectivity index (χ2v) is 4.15. The Balaban J connectivity index is 2.45. The minimum atomic E-state index is -0.324. The molecular formula is C14H16FN3O2. The van der Waals surface area contributed by atoms with Gasteiger partial charge in [-0.15, -0.1) is 0 Å². The van der Waals surface area contributed by atoms with Gasteiger partial charge in [0.1, 0.15) is 11.6 Å². The first-order valence-corrected chi connectivity index (χ1v) is 6.10. The van der Waals surface area contributed by atoms with Crippen LogP contribution in [-0.2, 0) is 0 Å². The fraction of sp³-hybridized carbons (Fsp3) is 0.286. The van der Waals surface area contributed by atoms with Crippen molar-refractivity contribution in [3.8, 4) is 11.8 Å². The number of hydrogen-bond donors (Lipinski definition) is 1. The summed E-state index contributed by atoms with van der Waals surface area (Å²) in [5.74, 6) is 0.545. The number of hydrogen-bond acceptors (Lipinski definition) is 5. The van der Waals surface area contributed by atoms with E-state index in [0.29, 0.717) is 23.1 Å². The SMILES string of the molecule is COc1cc(OC)nc(C(CN)c2cccc(F)c2)n1. The first-order chi connectivity index (χ1) is 9.67. The quantitative estimate of drug-likeness (QED) is 0.901. The number of methoxy groups -OCH3 is 2. The molecule has 5 nitrogen and oxygen atoms in total. The molecule has 1 heterocycles. The second-order valence-electron chi connectivity index (χ2n) is 4.15. The molecule has 1 aromatic heterocycles. The van der Waals surface area contributed by atoms with Crippen molar-refractivity contribution >= 4 is 0 Å². The third-order valence-electron chi connectivity index (χ3n) is 2.91. The van der Waals surface area contributed by atoms with Gasteiger partial charge in [-0.3, -0.25) is 0 Å². The predicted octanol–water partition coefficient (Wildman–Crippen LogP) is 1.72. The van der Waals surface area contributed by atoms with Gasteiger partial charge in [0.05, 0.1) is 26.2 Å². The molecule has 0 spiro atoms. The highest BCUT2D eigenvalue weighted by molar-refractivity contribution is 5.30. The maximum absolute atomic E-state index is 13.3. The summed E-state index contributed by atoms with van der Waals surface area (Å²) in [5, 5.41) is 0. The van der Waals surface area contributed by atoms with E-state index in [1.54, 1.807) is 18.2 Å². The van der Waals surface area contributed by atoms with Gasteiger partial charge in [0.25, 0.3) is 0 Å². The standard InChI is InChI=1S/C14H16FN3O2/c1-19-12-7-13(20-2)18-14(17-12)11(8-16)9-4-3-5-10(15)6-9/h3-7,11H,8,16H2,1-2H3. The van der Waals surface area contributed by atoms with Crippen molar-refractivity contribution < 1.29 is 13.9 Å². The van der Waals surface area contributed by atoms with Crippen molar-refractivity contribution in [2.45, 2.75) is 5.92 Å². The Morgan fingerprint density at radius 1 is 1.15 bits per heavy atom. The molecule has 2 rings (SSSR count). The molecule has 106 valence electrons. The van der Waals surface area contributed by atoms with Crippen LogP contribution in [0.2, 0.25) is 0 Å². The van der Waals surface area contributed by atoms with Gasteiger partial charge in [0.2, 0.25) is 11.8 Å². The molecule has 0 aliphatic carbocycles. The summed E-state index contributed by atoms with van der Waals surface area (Å²) in [4.78, 5) is 8.52. The van der Waals surface area contributed by atoms with Gasteiger partial charge < -0.3 is 15.2 Å². The third-order valence-corrected chi connectivity index (χ3v) is 2.91. The van der Waals surface area contributed by atoms with Gasteiger partial charge in [-0.1, -0.05) is 12.1 Å². The number of rotatable bonds is 5. The lowest BCUT2D eigenvalue weighted by Gasteiger charge is -2.15. The van der Waals surface area contributed by atoms with E-state index in [1.807, 2.05) is 0 Å². The van der Waals surface area contributed by atoms with Crippen molar-refractivity contribution in [3.05, 3.63) is 47.5 Å². The molecular weight excluding hydrogens is 261 g/mol. The number of aromatic nitrogens is 2. The molecule has 1 unspecified atom stereocenters. The second kappa shape index (κ2) is 6.29. The van der Waals surface area contributed by atoms with Crippen LogP contribution in [-0.4, -0.2) is 30.7 Å². The Labute approximate surface area is 116 Å². The number of halogens is 1. The molecule has 0 aliphatic rings. The summed E-state index contributed by atoms with van der Waals surface area (Å²) in [6.07, 6.45) is 0. The topological polar surface area (TPSA) is 70.3 Å². The lowest BCUT2D eigenvalue weighted by Crippen LogP contribution is -2.17. The first kappa shape index (κ1) is 14.2. The van der Waals surface area contributed by atoms with Gasteiger partial charge in [-0.25, -0.2) is 4.39 Å². The fourth-order valence-electron chi connectivity index (χ4n) is 1.90. The van der Waals surface area contributed by atoms with Crippen LogP contribution in [0, 0.1) is 5.82 Å². The molecule has 0 saturated carbocycles. The van der Waals surface area contributed by atoms with Gasteiger partial charge in [0.15, 0.2) is 0 Å². The molecule has 0 amide bonds. The average Bonchev–Trinajstić information content (AvgIpc) is 2.47. The van der Waals surface area contributed by atoms with Crippen LogP contribution in [0.3, 0.4) is 0 Å². The first-order valence-electron chi connectivity index (χ1n) is 6.10. The summed E-state index contributed by atoms with van der Waals surface area (Å²) in [6, 6.07) is 7.79. The molecule has 6 heteroatoms. The van der Waals surface area contributed by atoms with Crippen molar-refractivity contribution in [3.63, 3.8) is 0 Å². The Morgan fingerprint density at radius 2 is 1.80 bits per heavy atom. The summed E-state index contributed by atoms with van der Waals surface area (Å²) in [6.45, 7) is 0.250. The van der Waals surface area contributed by atoms with E-state index in [9.17, 15) is 4.39 Å². The van der Waals surface area contributed by atoms with E-state index >= 15 is 0 Å². The lowest BCUT2D eigenvalue weighted by molar-refractivity contribution is 0.367. The minimum Gasteiger partial charge on any atom is -0.481 e. The van der Waals surface area contributed by atoms with Gasteiger partial charge in [0, 0.05) is 6.54 Å². The lowest BCUT2D eigenvalue weighted by atomic mass is 9.98. The van der Waals surface area contributed by atoms with E-state index < -0.39 is 0 Å². The molecule has 0 fully saturated rings. The van der Waals surface area contributed by atoms with E-state index in [0.717, 1.165) is 0 Å². The zero-order valence-electron chi connectivity index (χ0n) is 11.3. The summed E-state index contributed by atoms with van der Waals surface area (Å²) in [7, 11) is 3.01. The number of ether oxygens (including phenoxy) is 2. The highest BCUT2D eigenvalue weighted by atomic mass is 19.1. The van der Waals surface area contributed by atoms with Crippen LogP contribution in [0.5, 0.6) is 11.8 Å². The Bertz CT molecular complexity index is 570. The molecule has 2 aromatic rings. The van der Waals surface area contributed by atoms with Crippen molar-refractivity contribution in [1.29, 1.82) is 0 Å². The van der Waals surface area contributed by atoms with Gasteiger partial charge in [-0.2, -0.15) is 9.97 Å². The Hall–Kier alpha value is -2.21. The number of benzene rings is 1. The summed E-state index contributed by atoms with van der Waals surface area (Å²) in [5.41, 5.74) is 6.50. The van der Waals surface area contributed by atoms with Crippen molar-refractivity contribution in [2.24, 2.45) is 5.73 Å². The minimum absolute atomic E-state index is 0.250. The molecule has 1 atom stereocenters. The van der Waals surface area contributed by atoms with E-state index in [-0.39, 0.29) is 18.3 Å². The van der Waals surface area contributed by atoms with Crippen LogP contribution in [0.15, 0.2) is 30.3 Å². The van der Waals surface area contributed by atoms with E-state index in [1.165, 1.54) is 26.4 Å². The molecule has 0 radical (unpaired) electrons. The molecule has 0 bridgehead atoms. The fourth-order valence-corrected chi connectivity index (χ4v) is 1.90. The van der Waals surface area contributed by atoms with Crippen LogP contribution in [0.4, 0.5) is 4.39 Å². The molecule has 1 aromatic carbocycles. The average molecular weight is 277 g/mol. The molecule has 0 saturated heterocycles. The molecule has 2 N–H and O–H groups in total. The van der Waals surface area contributed by atoms with Crippen LogP contribution >= 0.6 is 0 Å². The van der Waals surface area contributed by atoms with E-state index in [2.05, 4.69) is 9.97 Å². The maximum atomic E-state index is 13.3. The summed E-state index contributed by atoms with van der Waals surface area (Å²) < 4.78 is 23.6. The number of nitrogens with zero attached hydrogens (tertiary/aromatic N) is 2. The zero-order valence-corrected chi connectivity index (χ0v) is 11.3. The van der Waals surface area contributed by atoms with Crippen molar-refractivity contribution in [2.75, 3.05) is 20.8 Å². The predicted molar refractivity (Wildman–Crippen MR) is 72.4 cm³/mol. The molecule has 20 heavy (non-hydrogen) atoms. The summed E-state index contributed by atoms with van der Waals surface area (Å²) >= 11 is 0. The van der Waals surface area contributed by atoms with Crippen LogP contribution in [0.1, 0.15) is 17.3 Å². The van der Waals surface area contributed by atoms with Gasteiger partial charge in [-0.05, 0) is 17.7 Å². The third kappa shape index (κ3) is 3.03. The normalized spacial score (nSPS) is 12.0. The smallest absolute Gasteiger partial charge is 0.220 e. The highest BCUT2D eigenvalue weighted by Crippen LogP contribution is 2.25.